The van der Waals surface area contributed by atoms with Crippen LogP contribution in [0, 0.1) is 0 Å². The summed E-state index contributed by atoms with van der Waals surface area (Å²) >= 11 is 0. The number of aromatic nitrogens is 2. The summed E-state index contributed by atoms with van der Waals surface area (Å²) in [5.41, 5.74) is 0.289. The molecule has 2 aromatic rings. The van der Waals surface area contributed by atoms with Crippen molar-refractivity contribution in [3.05, 3.63) is 48.3 Å². The van der Waals surface area contributed by atoms with Gasteiger partial charge in [0, 0.05) is 38.6 Å². The third-order valence-electron chi connectivity index (χ3n) is 3.90. The molecular weight excluding hydrogens is 324 g/mol. The Kier molecular flexibility index (Phi) is 5.08. The number of rotatable bonds is 4. The molecule has 1 fully saturated rings. The Morgan fingerprint density at radius 1 is 1.04 bits per heavy atom. The number of nitrogens with zero attached hydrogens (tertiary/aromatic N) is 4. The standard InChI is InChI=1S/C17H18N4O4/c22-14-4-2-13(3-5-14)16(24)25-12-15(23)20-8-10-21(11-9-20)17-18-6-1-7-19-17/h1-7,22H,8-12H2. The van der Waals surface area contributed by atoms with Gasteiger partial charge < -0.3 is 19.6 Å². The molecule has 1 aromatic heterocycles. The first-order valence-electron chi connectivity index (χ1n) is 7.89. The van der Waals surface area contributed by atoms with Crippen molar-refractivity contribution >= 4 is 17.8 Å². The summed E-state index contributed by atoms with van der Waals surface area (Å²) in [4.78, 5) is 36.1. The average Bonchev–Trinajstić information content (AvgIpc) is 2.67. The van der Waals surface area contributed by atoms with Gasteiger partial charge in [0.25, 0.3) is 5.91 Å². The molecule has 1 N–H and O–H groups in total. The van der Waals surface area contributed by atoms with E-state index in [2.05, 4.69) is 9.97 Å². The van der Waals surface area contributed by atoms with Crippen LogP contribution in [0.4, 0.5) is 5.95 Å². The molecule has 2 heterocycles. The predicted molar refractivity (Wildman–Crippen MR) is 89.2 cm³/mol. The molecule has 0 unspecified atom stereocenters. The van der Waals surface area contributed by atoms with E-state index in [0.717, 1.165) is 0 Å². The van der Waals surface area contributed by atoms with Crippen molar-refractivity contribution in [2.45, 2.75) is 0 Å². The van der Waals surface area contributed by atoms with E-state index >= 15 is 0 Å². The Morgan fingerprint density at radius 2 is 1.68 bits per heavy atom. The largest absolute Gasteiger partial charge is 0.508 e. The van der Waals surface area contributed by atoms with Crippen LogP contribution < -0.4 is 4.90 Å². The molecule has 3 rings (SSSR count). The molecule has 0 aliphatic carbocycles. The number of phenolic OH excluding ortho intramolecular Hbond substituents is 1. The summed E-state index contributed by atoms with van der Waals surface area (Å²) in [6, 6.07) is 7.43. The van der Waals surface area contributed by atoms with E-state index in [1.165, 1.54) is 24.3 Å². The molecule has 130 valence electrons. The lowest BCUT2D eigenvalue weighted by atomic mass is 10.2. The fourth-order valence-electron chi connectivity index (χ4n) is 2.51. The Morgan fingerprint density at radius 3 is 2.32 bits per heavy atom. The van der Waals surface area contributed by atoms with Gasteiger partial charge in [0.2, 0.25) is 5.95 Å². The van der Waals surface area contributed by atoms with E-state index in [1.54, 1.807) is 23.4 Å². The minimum absolute atomic E-state index is 0.0629. The lowest BCUT2D eigenvalue weighted by molar-refractivity contribution is -0.134. The number of anilines is 1. The summed E-state index contributed by atoms with van der Waals surface area (Å²) < 4.78 is 5.04. The minimum atomic E-state index is -0.593. The van der Waals surface area contributed by atoms with Crippen molar-refractivity contribution in [2.75, 3.05) is 37.7 Å². The van der Waals surface area contributed by atoms with E-state index in [1.807, 2.05) is 4.90 Å². The van der Waals surface area contributed by atoms with E-state index in [4.69, 9.17) is 4.74 Å². The van der Waals surface area contributed by atoms with Crippen LogP contribution in [0.15, 0.2) is 42.7 Å². The van der Waals surface area contributed by atoms with E-state index < -0.39 is 5.97 Å². The van der Waals surface area contributed by atoms with Gasteiger partial charge in [0.1, 0.15) is 5.75 Å². The zero-order chi connectivity index (χ0) is 17.6. The van der Waals surface area contributed by atoms with Gasteiger partial charge in [-0.2, -0.15) is 0 Å². The quantitative estimate of drug-likeness (QED) is 0.817. The second-order valence-electron chi connectivity index (χ2n) is 5.54. The van der Waals surface area contributed by atoms with Gasteiger partial charge in [0.15, 0.2) is 6.61 Å². The van der Waals surface area contributed by atoms with Crippen molar-refractivity contribution < 1.29 is 19.4 Å². The maximum absolute atomic E-state index is 12.2. The molecule has 0 bridgehead atoms. The zero-order valence-corrected chi connectivity index (χ0v) is 13.5. The number of carbonyl (C=O) groups excluding carboxylic acids is 2. The van der Waals surface area contributed by atoms with Gasteiger partial charge in [-0.15, -0.1) is 0 Å². The van der Waals surface area contributed by atoms with Gasteiger partial charge in [-0.1, -0.05) is 0 Å². The number of aromatic hydroxyl groups is 1. The van der Waals surface area contributed by atoms with Crippen LogP contribution in [0.2, 0.25) is 0 Å². The van der Waals surface area contributed by atoms with Crippen molar-refractivity contribution in [2.24, 2.45) is 0 Å². The van der Waals surface area contributed by atoms with Crippen molar-refractivity contribution in [3.8, 4) is 5.75 Å². The van der Waals surface area contributed by atoms with Gasteiger partial charge in [-0.25, -0.2) is 14.8 Å². The van der Waals surface area contributed by atoms with E-state index in [-0.39, 0.29) is 23.8 Å². The number of carbonyl (C=O) groups is 2. The summed E-state index contributed by atoms with van der Waals surface area (Å²) in [6.07, 6.45) is 3.37. The molecule has 1 aliphatic heterocycles. The summed E-state index contributed by atoms with van der Waals surface area (Å²) in [7, 11) is 0. The monoisotopic (exact) mass is 342 g/mol. The molecule has 0 radical (unpaired) electrons. The van der Waals surface area contributed by atoms with Crippen molar-refractivity contribution in [1.82, 2.24) is 14.9 Å². The third-order valence-corrected chi connectivity index (χ3v) is 3.90. The predicted octanol–water partition coefficient (Wildman–Crippen LogP) is 0.688. The number of ether oxygens (including phenoxy) is 1. The van der Waals surface area contributed by atoms with Crippen LogP contribution in [0.3, 0.4) is 0 Å². The van der Waals surface area contributed by atoms with Crippen LogP contribution in [0.25, 0.3) is 0 Å². The van der Waals surface area contributed by atoms with Crippen molar-refractivity contribution in [3.63, 3.8) is 0 Å². The van der Waals surface area contributed by atoms with Gasteiger partial charge in [-0.05, 0) is 30.3 Å². The molecule has 25 heavy (non-hydrogen) atoms. The molecule has 1 aliphatic rings. The first-order chi connectivity index (χ1) is 12.1. The minimum Gasteiger partial charge on any atom is -0.508 e. The Bertz CT molecular complexity index is 728. The molecule has 8 nitrogen and oxygen atoms in total. The Balaban J connectivity index is 1.46. The molecule has 8 heteroatoms. The molecule has 0 saturated carbocycles. The lowest BCUT2D eigenvalue weighted by Gasteiger charge is -2.34. The van der Waals surface area contributed by atoms with Crippen LogP contribution in [0.1, 0.15) is 10.4 Å². The number of amides is 1. The third kappa shape index (κ3) is 4.23. The highest BCUT2D eigenvalue weighted by atomic mass is 16.5. The normalized spacial score (nSPS) is 14.2. The Labute approximate surface area is 144 Å². The van der Waals surface area contributed by atoms with Gasteiger partial charge >= 0.3 is 5.97 Å². The highest BCUT2D eigenvalue weighted by Gasteiger charge is 2.23. The number of piperazine rings is 1. The zero-order valence-electron chi connectivity index (χ0n) is 13.5. The van der Waals surface area contributed by atoms with Gasteiger partial charge in [-0.3, -0.25) is 4.79 Å². The Hall–Kier alpha value is -3.16. The number of esters is 1. The summed E-state index contributed by atoms with van der Waals surface area (Å²) in [6.45, 7) is 1.99. The lowest BCUT2D eigenvalue weighted by Crippen LogP contribution is -2.50. The number of hydrogen-bond donors (Lipinski definition) is 1. The van der Waals surface area contributed by atoms with Crippen LogP contribution in [0.5, 0.6) is 5.75 Å². The van der Waals surface area contributed by atoms with Crippen LogP contribution >= 0.6 is 0 Å². The SMILES string of the molecule is O=C(OCC(=O)N1CCN(c2ncccn2)CC1)c1ccc(O)cc1. The molecule has 1 aromatic carbocycles. The first-order valence-corrected chi connectivity index (χ1v) is 7.89. The fraction of sp³-hybridized carbons (Fsp3) is 0.294. The number of phenols is 1. The fourth-order valence-corrected chi connectivity index (χ4v) is 2.51. The second-order valence-corrected chi connectivity index (χ2v) is 5.54. The van der Waals surface area contributed by atoms with Crippen molar-refractivity contribution in [1.29, 1.82) is 0 Å². The number of hydrogen-bond acceptors (Lipinski definition) is 7. The maximum Gasteiger partial charge on any atom is 0.338 e. The molecule has 1 saturated heterocycles. The molecule has 0 atom stereocenters. The topological polar surface area (TPSA) is 95.9 Å². The summed E-state index contributed by atoms with van der Waals surface area (Å²) in [5.74, 6) is -0.119. The smallest absolute Gasteiger partial charge is 0.338 e. The first kappa shape index (κ1) is 16.7. The van der Waals surface area contributed by atoms with Gasteiger partial charge in [0.05, 0.1) is 5.56 Å². The maximum atomic E-state index is 12.2. The van der Waals surface area contributed by atoms with E-state index in [0.29, 0.717) is 32.1 Å². The molecule has 0 spiro atoms. The van der Waals surface area contributed by atoms with E-state index in [9.17, 15) is 14.7 Å². The van der Waals surface area contributed by atoms with Crippen LogP contribution in [-0.2, 0) is 9.53 Å². The second kappa shape index (κ2) is 7.61. The highest BCUT2D eigenvalue weighted by molar-refractivity contribution is 5.91. The summed E-state index contributed by atoms with van der Waals surface area (Å²) in [5, 5.41) is 9.20. The van der Waals surface area contributed by atoms with Crippen LogP contribution in [-0.4, -0.2) is 64.6 Å². The number of benzene rings is 1. The highest BCUT2D eigenvalue weighted by Crippen LogP contribution is 2.12. The average molecular weight is 342 g/mol. The molecular formula is C17H18N4O4. The molecule has 1 amide bonds.